The summed E-state index contributed by atoms with van der Waals surface area (Å²) in [5.74, 6) is 0. The average molecular weight is 237 g/mol. The van der Waals surface area contributed by atoms with Crippen molar-refractivity contribution in [2.75, 3.05) is 0 Å². The number of nitrogens with zero attached hydrogens (tertiary/aromatic N) is 2. The Morgan fingerprint density at radius 1 is 1.29 bits per heavy atom. The molecule has 0 atom stereocenters. The highest BCUT2D eigenvalue weighted by atomic mass is 19.3. The lowest BCUT2D eigenvalue weighted by Crippen LogP contribution is -2.01. The maximum absolute atomic E-state index is 12.5. The largest absolute Gasteiger partial charge is 0.326 e. The summed E-state index contributed by atoms with van der Waals surface area (Å²) in [4.78, 5) is 0. The highest BCUT2D eigenvalue weighted by molar-refractivity contribution is 5.36. The third kappa shape index (κ3) is 2.34. The number of nitrogens with two attached hydrogens (primary N) is 1. The zero-order valence-corrected chi connectivity index (χ0v) is 9.40. The first kappa shape index (κ1) is 11.7. The summed E-state index contributed by atoms with van der Waals surface area (Å²) < 4.78 is 26.5. The fraction of sp³-hybridized carbons (Fsp3) is 0.250. The minimum absolute atomic E-state index is 0.203. The molecule has 90 valence electrons. The second kappa shape index (κ2) is 4.63. The molecule has 2 aromatic rings. The van der Waals surface area contributed by atoms with Gasteiger partial charge in [0.25, 0.3) is 6.43 Å². The monoisotopic (exact) mass is 237 g/mol. The summed E-state index contributed by atoms with van der Waals surface area (Å²) in [7, 11) is 0. The molecule has 5 heteroatoms. The predicted molar refractivity (Wildman–Crippen MR) is 61.1 cm³/mol. The van der Waals surface area contributed by atoms with Gasteiger partial charge in [0.15, 0.2) is 0 Å². The van der Waals surface area contributed by atoms with Crippen molar-refractivity contribution in [3.05, 3.63) is 47.3 Å². The molecule has 1 aromatic heterocycles. The zero-order chi connectivity index (χ0) is 12.4. The molecule has 0 fully saturated rings. The standard InChI is InChI=1S/C12H13F2N3/c1-8-6-11(12(13)14)16-17(8)10-4-2-9(7-15)3-5-10/h2-6,12H,7,15H2,1H3. The Bertz CT molecular complexity index is 503. The van der Waals surface area contributed by atoms with Gasteiger partial charge in [-0.3, -0.25) is 0 Å². The van der Waals surface area contributed by atoms with Gasteiger partial charge in [-0.15, -0.1) is 0 Å². The Labute approximate surface area is 97.9 Å². The average Bonchev–Trinajstić information content (AvgIpc) is 2.72. The molecule has 0 amide bonds. The van der Waals surface area contributed by atoms with Crippen molar-refractivity contribution in [1.82, 2.24) is 9.78 Å². The molecule has 0 radical (unpaired) electrons. The van der Waals surface area contributed by atoms with E-state index in [0.717, 1.165) is 11.3 Å². The van der Waals surface area contributed by atoms with Crippen LogP contribution >= 0.6 is 0 Å². The number of alkyl halides is 2. The Kier molecular flexibility index (Phi) is 3.19. The molecular weight excluding hydrogens is 224 g/mol. The first-order chi connectivity index (χ1) is 8.11. The van der Waals surface area contributed by atoms with Crippen LogP contribution in [-0.2, 0) is 6.54 Å². The Morgan fingerprint density at radius 2 is 1.94 bits per heavy atom. The third-order valence-corrected chi connectivity index (χ3v) is 2.55. The van der Waals surface area contributed by atoms with E-state index in [1.54, 1.807) is 6.92 Å². The normalized spacial score (nSPS) is 11.1. The van der Waals surface area contributed by atoms with E-state index >= 15 is 0 Å². The highest BCUT2D eigenvalue weighted by Gasteiger charge is 2.13. The summed E-state index contributed by atoms with van der Waals surface area (Å²) in [6.45, 7) is 2.20. The molecule has 17 heavy (non-hydrogen) atoms. The quantitative estimate of drug-likeness (QED) is 0.891. The minimum atomic E-state index is -2.54. The lowest BCUT2D eigenvalue weighted by atomic mass is 10.2. The van der Waals surface area contributed by atoms with E-state index in [4.69, 9.17) is 5.73 Å². The molecule has 1 aromatic carbocycles. The van der Waals surface area contributed by atoms with Crippen molar-refractivity contribution in [2.24, 2.45) is 5.73 Å². The number of hydrogen-bond acceptors (Lipinski definition) is 2. The number of rotatable bonds is 3. The fourth-order valence-electron chi connectivity index (χ4n) is 1.64. The van der Waals surface area contributed by atoms with Gasteiger partial charge in [-0.2, -0.15) is 5.10 Å². The van der Waals surface area contributed by atoms with Crippen LogP contribution in [0.15, 0.2) is 30.3 Å². The Morgan fingerprint density at radius 3 is 2.41 bits per heavy atom. The van der Waals surface area contributed by atoms with E-state index in [1.165, 1.54) is 10.7 Å². The van der Waals surface area contributed by atoms with Gasteiger partial charge in [0, 0.05) is 12.2 Å². The van der Waals surface area contributed by atoms with E-state index in [1.807, 2.05) is 24.3 Å². The molecule has 0 saturated heterocycles. The highest BCUT2D eigenvalue weighted by Crippen LogP contribution is 2.20. The van der Waals surface area contributed by atoms with Crippen molar-refractivity contribution in [2.45, 2.75) is 19.9 Å². The molecule has 0 aliphatic heterocycles. The van der Waals surface area contributed by atoms with E-state index in [2.05, 4.69) is 5.10 Å². The van der Waals surface area contributed by atoms with Crippen LogP contribution in [0, 0.1) is 6.92 Å². The fourth-order valence-corrected chi connectivity index (χ4v) is 1.64. The third-order valence-electron chi connectivity index (χ3n) is 2.55. The molecule has 2 N–H and O–H groups in total. The van der Waals surface area contributed by atoms with E-state index < -0.39 is 6.43 Å². The van der Waals surface area contributed by atoms with Crippen LogP contribution in [0.1, 0.15) is 23.4 Å². The number of benzene rings is 1. The van der Waals surface area contributed by atoms with Crippen LogP contribution in [-0.4, -0.2) is 9.78 Å². The van der Waals surface area contributed by atoms with Crippen LogP contribution in [0.4, 0.5) is 8.78 Å². The summed E-state index contributed by atoms with van der Waals surface area (Å²) >= 11 is 0. The Hall–Kier alpha value is -1.75. The van der Waals surface area contributed by atoms with Crippen LogP contribution in [0.25, 0.3) is 5.69 Å². The van der Waals surface area contributed by atoms with E-state index in [9.17, 15) is 8.78 Å². The van der Waals surface area contributed by atoms with Crippen LogP contribution < -0.4 is 5.73 Å². The summed E-state index contributed by atoms with van der Waals surface area (Å²) in [6, 6.07) is 8.74. The van der Waals surface area contributed by atoms with Crippen LogP contribution in [0.5, 0.6) is 0 Å². The maximum atomic E-state index is 12.5. The van der Waals surface area contributed by atoms with Gasteiger partial charge in [-0.1, -0.05) is 12.1 Å². The summed E-state index contributed by atoms with van der Waals surface area (Å²) in [5.41, 5.74) is 7.72. The Balaban J connectivity index is 2.38. The number of aryl methyl sites for hydroxylation is 1. The van der Waals surface area contributed by atoms with E-state index in [-0.39, 0.29) is 5.69 Å². The van der Waals surface area contributed by atoms with Gasteiger partial charge < -0.3 is 5.73 Å². The first-order valence-corrected chi connectivity index (χ1v) is 5.26. The van der Waals surface area contributed by atoms with Crippen molar-refractivity contribution < 1.29 is 8.78 Å². The molecule has 0 aliphatic rings. The molecule has 2 rings (SSSR count). The van der Waals surface area contributed by atoms with E-state index in [0.29, 0.717) is 12.2 Å². The molecule has 0 saturated carbocycles. The molecular formula is C12H13F2N3. The number of aromatic nitrogens is 2. The van der Waals surface area contributed by atoms with Gasteiger partial charge in [0.05, 0.1) is 5.69 Å². The summed E-state index contributed by atoms with van der Waals surface area (Å²) in [6.07, 6.45) is -2.54. The first-order valence-electron chi connectivity index (χ1n) is 5.26. The summed E-state index contributed by atoms with van der Waals surface area (Å²) in [5, 5.41) is 3.87. The minimum Gasteiger partial charge on any atom is -0.326 e. The van der Waals surface area contributed by atoms with Gasteiger partial charge >= 0.3 is 0 Å². The topological polar surface area (TPSA) is 43.8 Å². The van der Waals surface area contributed by atoms with Crippen molar-refractivity contribution in [1.29, 1.82) is 0 Å². The van der Waals surface area contributed by atoms with Gasteiger partial charge in [0.2, 0.25) is 0 Å². The van der Waals surface area contributed by atoms with Gasteiger partial charge in [-0.05, 0) is 30.7 Å². The molecule has 0 unspecified atom stereocenters. The maximum Gasteiger partial charge on any atom is 0.282 e. The van der Waals surface area contributed by atoms with Crippen LogP contribution in [0.2, 0.25) is 0 Å². The molecule has 0 aliphatic carbocycles. The second-order valence-corrected chi connectivity index (χ2v) is 3.79. The van der Waals surface area contributed by atoms with Gasteiger partial charge in [-0.25, -0.2) is 13.5 Å². The molecule has 3 nitrogen and oxygen atoms in total. The zero-order valence-electron chi connectivity index (χ0n) is 9.40. The van der Waals surface area contributed by atoms with Crippen molar-refractivity contribution in [3.8, 4) is 5.69 Å². The van der Waals surface area contributed by atoms with Crippen LogP contribution in [0.3, 0.4) is 0 Å². The number of halogens is 2. The molecule has 0 spiro atoms. The SMILES string of the molecule is Cc1cc(C(F)F)nn1-c1ccc(CN)cc1. The molecule has 1 heterocycles. The smallest absolute Gasteiger partial charge is 0.282 e. The lowest BCUT2D eigenvalue weighted by molar-refractivity contribution is 0.145. The number of hydrogen-bond donors (Lipinski definition) is 1. The lowest BCUT2D eigenvalue weighted by Gasteiger charge is -2.05. The molecule has 0 bridgehead atoms. The second-order valence-electron chi connectivity index (χ2n) is 3.79. The van der Waals surface area contributed by atoms with Crippen molar-refractivity contribution in [3.63, 3.8) is 0 Å². The predicted octanol–water partition coefficient (Wildman–Crippen LogP) is 2.58. The van der Waals surface area contributed by atoms with Gasteiger partial charge in [0.1, 0.15) is 5.69 Å². The van der Waals surface area contributed by atoms with Crippen molar-refractivity contribution >= 4 is 0 Å².